The number of benzene rings is 2. The second-order valence-corrected chi connectivity index (χ2v) is 7.03. The fraction of sp³-hybridized carbons (Fsp3) is 0.111. The van der Waals surface area contributed by atoms with Crippen molar-refractivity contribution in [3.8, 4) is 11.5 Å². The molecule has 0 aromatic heterocycles. The van der Waals surface area contributed by atoms with E-state index in [1.807, 2.05) is 12.1 Å². The van der Waals surface area contributed by atoms with Gasteiger partial charge in [-0.3, -0.25) is 4.79 Å². The van der Waals surface area contributed by atoms with E-state index in [0.29, 0.717) is 37.3 Å². The lowest BCUT2D eigenvalue weighted by molar-refractivity contribution is -0.115. The summed E-state index contributed by atoms with van der Waals surface area (Å²) in [6.45, 7) is 0. The predicted octanol–water partition coefficient (Wildman–Crippen LogP) is 4.90. The Labute approximate surface area is 165 Å². The van der Waals surface area contributed by atoms with Gasteiger partial charge in [-0.15, -0.1) is 0 Å². The first kappa shape index (κ1) is 18.6. The molecule has 5 nitrogen and oxygen atoms in total. The second kappa shape index (κ2) is 8.03. The number of thioether (sulfide) groups is 1. The van der Waals surface area contributed by atoms with Crippen LogP contribution in [0.3, 0.4) is 0 Å². The third-order valence-corrected chi connectivity index (χ3v) is 4.95. The molecule has 2 aromatic rings. The predicted molar refractivity (Wildman–Crippen MR) is 107 cm³/mol. The van der Waals surface area contributed by atoms with Gasteiger partial charge in [0.25, 0.3) is 5.91 Å². The molecule has 0 aliphatic carbocycles. The fourth-order valence-corrected chi connectivity index (χ4v) is 3.61. The maximum atomic E-state index is 12.3. The fourth-order valence-electron chi connectivity index (χ4n) is 2.33. The van der Waals surface area contributed by atoms with E-state index in [9.17, 15) is 4.79 Å². The molecule has 1 fully saturated rings. The molecule has 0 spiro atoms. The molecule has 2 aromatic carbocycles. The summed E-state index contributed by atoms with van der Waals surface area (Å²) in [5.74, 6) is 0.901. The third kappa shape index (κ3) is 3.98. The molecule has 0 radical (unpaired) electrons. The smallest absolute Gasteiger partial charge is 0.264 e. The van der Waals surface area contributed by atoms with Crippen molar-refractivity contribution in [3.05, 3.63) is 56.9 Å². The zero-order chi connectivity index (χ0) is 18.7. The van der Waals surface area contributed by atoms with Crippen molar-refractivity contribution in [2.75, 3.05) is 14.2 Å². The molecule has 3 rings (SSSR count). The van der Waals surface area contributed by atoms with Crippen LogP contribution in [-0.2, 0) is 4.79 Å². The number of carbonyl (C=O) groups is 1. The number of nitrogens with one attached hydrogen (secondary N) is 1. The lowest BCUT2D eigenvalue weighted by Crippen LogP contribution is -2.19. The van der Waals surface area contributed by atoms with Gasteiger partial charge in [-0.2, -0.15) is 0 Å². The van der Waals surface area contributed by atoms with E-state index in [1.165, 1.54) is 11.8 Å². The number of nitrogens with zero attached hydrogens (tertiary/aromatic N) is 1. The number of aliphatic imine (C=N–C) groups is 1. The van der Waals surface area contributed by atoms with Gasteiger partial charge in [0.15, 0.2) is 16.7 Å². The van der Waals surface area contributed by atoms with Gasteiger partial charge in [-0.25, -0.2) is 4.99 Å². The largest absolute Gasteiger partial charge is 0.493 e. The van der Waals surface area contributed by atoms with Crippen molar-refractivity contribution < 1.29 is 14.3 Å². The number of amides is 1. The van der Waals surface area contributed by atoms with Crippen LogP contribution in [0, 0.1) is 0 Å². The van der Waals surface area contributed by atoms with Crippen molar-refractivity contribution in [2.45, 2.75) is 0 Å². The van der Waals surface area contributed by atoms with Crippen LogP contribution >= 0.6 is 35.0 Å². The highest BCUT2D eigenvalue weighted by Crippen LogP contribution is 2.36. The van der Waals surface area contributed by atoms with E-state index in [1.54, 1.807) is 44.6 Å². The van der Waals surface area contributed by atoms with E-state index < -0.39 is 0 Å². The molecular formula is C18H14Cl2N2O3S. The van der Waals surface area contributed by atoms with Crippen LogP contribution in [0.25, 0.3) is 6.08 Å². The minimum atomic E-state index is -0.247. The van der Waals surface area contributed by atoms with E-state index in [4.69, 9.17) is 32.7 Å². The number of halogens is 2. The van der Waals surface area contributed by atoms with Gasteiger partial charge in [0.2, 0.25) is 0 Å². The lowest BCUT2D eigenvalue weighted by atomic mass is 10.1. The van der Waals surface area contributed by atoms with Gasteiger partial charge in [0.05, 0.1) is 29.8 Å². The molecule has 8 heteroatoms. The van der Waals surface area contributed by atoms with E-state index in [-0.39, 0.29) is 5.91 Å². The monoisotopic (exact) mass is 408 g/mol. The number of amidine groups is 1. The average Bonchev–Trinajstić information content (AvgIpc) is 2.96. The standard InChI is InChI=1S/C18H14Cl2N2O3S/c1-24-14-5-3-4-10(16(14)25-2)8-15-17(23)22-18(26-15)21-13-7-6-11(19)9-12(13)20/h3-9H,1-2H3,(H,21,22,23)/b15-8+. The highest BCUT2D eigenvalue weighted by atomic mass is 35.5. The Morgan fingerprint density at radius 1 is 1.15 bits per heavy atom. The summed E-state index contributed by atoms with van der Waals surface area (Å²) in [6, 6.07) is 10.4. The summed E-state index contributed by atoms with van der Waals surface area (Å²) in [7, 11) is 3.11. The van der Waals surface area contributed by atoms with E-state index in [2.05, 4.69) is 10.3 Å². The molecule has 0 atom stereocenters. The first-order valence-electron chi connectivity index (χ1n) is 7.47. The van der Waals surface area contributed by atoms with Crippen LogP contribution in [0.15, 0.2) is 46.3 Å². The van der Waals surface area contributed by atoms with Crippen LogP contribution < -0.4 is 14.8 Å². The number of hydrogen-bond donors (Lipinski definition) is 1. The van der Waals surface area contributed by atoms with Gasteiger partial charge in [-0.05, 0) is 42.1 Å². The number of para-hydroxylation sites is 1. The SMILES string of the molecule is COc1cccc(/C=C2/SC(=Nc3ccc(Cl)cc3Cl)NC2=O)c1OC. The first-order valence-corrected chi connectivity index (χ1v) is 9.04. The summed E-state index contributed by atoms with van der Waals surface area (Å²) < 4.78 is 10.7. The Balaban J connectivity index is 1.91. The van der Waals surface area contributed by atoms with Crippen molar-refractivity contribution in [1.82, 2.24) is 5.32 Å². The molecule has 1 aliphatic rings. The number of carbonyl (C=O) groups excluding carboxylic acids is 1. The Bertz CT molecular complexity index is 929. The zero-order valence-electron chi connectivity index (χ0n) is 13.9. The maximum Gasteiger partial charge on any atom is 0.264 e. The van der Waals surface area contributed by atoms with Crippen LogP contribution in [-0.4, -0.2) is 25.3 Å². The Kier molecular flexibility index (Phi) is 5.76. The Hall–Kier alpha value is -2.15. The average molecular weight is 409 g/mol. The highest BCUT2D eigenvalue weighted by Gasteiger charge is 2.25. The van der Waals surface area contributed by atoms with Gasteiger partial charge >= 0.3 is 0 Å². The molecule has 0 bridgehead atoms. The minimum Gasteiger partial charge on any atom is -0.493 e. The quantitative estimate of drug-likeness (QED) is 0.730. The summed E-state index contributed by atoms with van der Waals surface area (Å²) in [5, 5.41) is 4.09. The Morgan fingerprint density at radius 2 is 1.96 bits per heavy atom. The number of rotatable bonds is 4. The summed E-state index contributed by atoms with van der Waals surface area (Å²) in [4.78, 5) is 17.1. The van der Waals surface area contributed by atoms with Crippen LogP contribution in [0.5, 0.6) is 11.5 Å². The van der Waals surface area contributed by atoms with Crippen LogP contribution in [0.2, 0.25) is 10.0 Å². The molecule has 0 unspecified atom stereocenters. The van der Waals surface area contributed by atoms with Crippen LogP contribution in [0.1, 0.15) is 5.56 Å². The van der Waals surface area contributed by atoms with E-state index in [0.717, 1.165) is 5.56 Å². The van der Waals surface area contributed by atoms with Gasteiger partial charge < -0.3 is 14.8 Å². The van der Waals surface area contributed by atoms with Crippen molar-refractivity contribution >= 4 is 57.8 Å². The van der Waals surface area contributed by atoms with Crippen molar-refractivity contribution in [3.63, 3.8) is 0 Å². The molecule has 134 valence electrons. The molecular weight excluding hydrogens is 395 g/mol. The number of methoxy groups -OCH3 is 2. The molecule has 0 saturated carbocycles. The normalized spacial score (nSPS) is 16.8. The van der Waals surface area contributed by atoms with Gasteiger partial charge in [-0.1, -0.05) is 35.3 Å². The molecule has 1 N–H and O–H groups in total. The molecule has 1 aliphatic heterocycles. The highest BCUT2D eigenvalue weighted by molar-refractivity contribution is 8.18. The molecule has 1 heterocycles. The first-order chi connectivity index (χ1) is 12.5. The summed E-state index contributed by atoms with van der Waals surface area (Å²) in [6.07, 6.45) is 1.73. The van der Waals surface area contributed by atoms with Crippen LogP contribution in [0.4, 0.5) is 5.69 Å². The number of hydrogen-bond acceptors (Lipinski definition) is 5. The molecule has 1 saturated heterocycles. The molecule has 1 amide bonds. The number of ether oxygens (including phenoxy) is 2. The lowest BCUT2D eigenvalue weighted by Gasteiger charge is -2.10. The second-order valence-electron chi connectivity index (χ2n) is 5.16. The third-order valence-electron chi connectivity index (χ3n) is 3.50. The van der Waals surface area contributed by atoms with Gasteiger partial charge in [0, 0.05) is 10.6 Å². The van der Waals surface area contributed by atoms with Crippen molar-refractivity contribution in [2.24, 2.45) is 4.99 Å². The zero-order valence-corrected chi connectivity index (χ0v) is 16.2. The summed E-state index contributed by atoms with van der Waals surface area (Å²) in [5.41, 5.74) is 1.26. The summed E-state index contributed by atoms with van der Waals surface area (Å²) >= 11 is 13.2. The Morgan fingerprint density at radius 3 is 2.65 bits per heavy atom. The molecule has 26 heavy (non-hydrogen) atoms. The van der Waals surface area contributed by atoms with Gasteiger partial charge in [0.1, 0.15) is 0 Å². The van der Waals surface area contributed by atoms with Crippen molar-refractivity contribution in [1.29, 1.82) is 0 Å². The maximum absolute atomic E-state index is 12.3. The topological polar surface area (TPSA) is 59.9 Å². The van der Waals surface area contributed by atoms with E-state index >= 15 is 0 Å². The minimum absolute atomic E-state index is 0.247.